The SMILES string of the molecule is CC1CN(S(=O)(=O)c2cncc(C#CCO)c2)CC(C)O1. The number of hydrogen-bond acceptors (Lipinski definition) is 5. The van der Waals surface area contributed by atoms with Crippen molar-refractivity contribution >= 4 is 10.0 Å². The monoisotopic (exact) mass is 310 g/mol. The second-order valence-corrected chi connectivity index (χ2v) is 6.89. The summed E-state index contributed by atoms with van der Waals surface area (Å²) in [6, 6.07) is 1.47. The molecule has 0 aromatic carbocycles. The van der Waals surface area contributed by atoms with Crippen molar-refractivity contribution in [2.45, 2.75) is 31.0 Å². The van der Waals surface area contributed by atoms with Crippen LogP contribution < -0.4 is 0 Å². The molecule has 0 bridgehead atoms. The second kappa shape index (κ2) is 6.54. The van der Waals surface area contributed by atoms with Gasteiger partial charge in [-0.05, 0) is 19.9 Å². The van der Waals surface area contributed by atoms with Gasteiger partial charge >= 0.3 is 0 Å². The van der Waals surface area contributed by atoms with Crippen LogP contribution in [0.15, 0.2) is 23.4 Å². The van der Waals surface area contributed by atoms with Gasteiger partial charge in [-0.1, -0.05) is 11.8 Å². The molecule has 114 valence electrons. The molecule has 1 aromatic rings. The third-order valence-corrected chi connectivity index (χ3v) is 4.85. The van der Waals surface area contributed by atoms with Gasteiger partial charge < -0.3 is 9.84 Å². The van der Waals surface area contributed by atoms with Gasteiger partial charge in [-0.25, -0.2) is 8.42 Å². The molecule has 2 rings (SSSR count). The molecule has 0 radical (unpaired) electrons. The van der Waals surface area contributed by atoms with Crippen molar-refractivity contribution in [3.63, 3.8) is 0 Å². The molecule has 21 heavy (non-hydrogen) atoms. The number of aromatic nitrogens is 1. The van der Waals surface area contributed by atoms with E-state index in [9.17, 15) is 8.42 Å². The molecule has 0 saturated carbocycles. The van der Waals surface area contributed by atoms with Crippen molar-refractivity contribution in [2.24, 2.45) is 0 Å². The zero-order chi connectivity index (χ0) is 15.5. The summed E-state index contributed by atoms with van der Waals surface area (Å²) < 4.78 is 32.2. The lowest BCUT2D eigenvalue weighted by Crippen LogP contribution is -2.48. The topological polar surface area (TPSA) is 79.7 Å². The summed E-state index contributed by atoms with van der Waals surface area (Å²) >= 11 is 0. The summed E-state index contributed by atoms with van der Waals surface area (Å²) in [7, 11) is -3.61. The molecule has 2 unspecified atom stereocenters. The van der Waals surface area contributed by atoms with Gasteiger partial charge in [-0.2, -0.15) is 4.31 Å². The quantitative estimate of drug-likeness (QED) is 0.791. The Morgan fingerprint density at radius 3 is 2.67 bits per heavy atom. The lowest BCUT2D eigenvalue weighted by atomic mass is 10.3. The van der Waals surface area contributed by atoms with Crippen LogP contribution in [-0.2, 0) is 14.8 Å². The molecule has 0 aliphatic carbocycles. The molecule has 1 aliphatic rings. The van der Waals surface area contributed by atoms with E-state index in [-0.39, 0.29) is 23.7 Å². The molecule has 1 aromatic heterocycles. The van der Waals surface area contributed by atoms with E-state index in [2.05, 4.69) is 16.8 Å². The smallest absolute Gasteiger partial charge is 0.244 e. The summed E-state index contributed by atoms with van der Waals surface area (Å²) in [6.45, 7) is 4.05. The van der Waals surface area contributed by atoms with Crippen LogP contribution in [0.3, 0.4) is 0 Å². The number of pyridine rings is 1. The lowest BCUT2D eigenvalue weighted by molar-refractivity contribution is -0.0440. The molecule has 1 N–H and O–H groups in total. The van der Waals surface area contributed by atoms with Crippen molar-refractivity contribution in [3.05, 3.63) is 24.0 Å². The Kier molecular flexibility index (Phi) is 4.96. The van der Waals surface area contributed by atoms with Gasteiger partial charge in [0.2, 0.25) is 10.0 Å². The molecule has 0 spiro atoms. The fraction of sp³-hybridized carbons (Fsp3) is 0.500. The predicted octanol–water partition coefficient (Wildman–Crippen LogP) is 0.223. The predicted molar refractivity (Wildman–Crippen MR) is 77.0 cm³/mol. The number of ether oxygens (including phenoxy) is 1. The first-order valence-electron chi connectivity index (χ1n) is 6.64. The molecule has 2 heterocycles. The molecule has 7 heteroatoms. The minimum absolute atomic E-state index is 0.105. The highest BCUT2D eigenvalue weighted by atomic mass is 32.2. The van der Waals surface area contributed by atoms with E-state index >= 15 is 0 Å². The van der Waals surface area contributed by atoms with Gasteiger partial charge in [-0.15, -0.1) is 0 Å². The Bertz CT molecular complexity index is 653. The molecule has 2 atom stereocenters. The number of sulfonamides is 1. The molecule has 0 amide bonds. The normalized spacial score (nSPS) is 23.4. The average Bonchev–Trinajstić information content (AvgIpc) is 2.44. The standard InChI is InChI=1S/C14H18N2O4S/c1-11-9-16(10-12(2)20-11)21(18,19)14-6-13(4-3-5-17)7-15-8-14/h6-8,11-12,17H,5,9-10H2,1-2H3. The Morgan fingerprint density at radius 2 is 2.05 bits per heavy atom. The third-order valence-electron chi connectivity index (χ3n) is 3.05. The first-order chi connectivity index (χ1) is 9.93. The van der Waals surface area contributed by atoms with E-state index in [1.807, 2.05) is 13.8 Å². The number of rotatable bonds is 2. The fourth-order valence-corrected chi connectivity index (χ4v) is 3.83. The minimum atomic E-state index is -3.61. The van der Waals surface area contributed by atoms with Crippen LogP contribution in [0, 0.1) is 11.8 Å². The average molecular weight is 310 g/mol. The van der Waals surface area contributed by atoms with Crippen molar-refractivity contribution in [3.8, 4) is 11.8 Å². The van der Waals surface area contributed by atoms with E-state index in [1.54, 1.807) is 0 Å². The Balaban J connectivity index is 2.31. The zero-order valence-electron chi connectivity index (χ0n) is 12.0. The van der Waals surface area contributed by atoms with Crippen LogP contribution >= 0.6 is 0 Å². The summed E-state index contributed by atoms with van der Waals surface area (Å²) in [5.74, 6) is 5.13. The number of morpholine rings is 1. The Labute approximate surface area is 124 Å². The lowest BCUT2D eigenvalue weighted by Gasteiger charge is -2.34. The maximum absolute atomic E-state index is 12.6. The summed E-state index contributed by atoms with van der Waals surface area (Å²) in [5, 5.41) is 8.68. The fourth-order valence-electron chi connectivity index (χ4n) is 2.25. The highest BCUT2D eigenvalue weighted by Gasteiger charge is 2.32. The van der Waals surface area contributed by atoms with E-state index < -0.39 is 10.0 Å². The Hall–Kier alpha value is -1.46. The number of aliphatic hydroxyl groups excluding tert-OH is 1. The van der Waals surface area contributed by atoms with Crippen LogP contribution in [0.2, 0.25) is 0 Å². The molecule has 1 aliphatic heterocycles. The number of aliphatic hydroxyl groups is 1. The van der Waals surface area contributed by atoms with Crippen LogP contribution in [0.1, 0.15) is 19.4 Å². The molecule has 1 fully saturated rings. The van der Waals surface area contributed by atoms with E-state index in [1.165, 1.54) is 22.8 Å². The maximum atomic E-state index is 12.6. The van der Waals surface area contributed by atoms with Gasteiger partial charge in [-0.3, -0.25) is 4.98 Å². The van der Waals surface area contributed by atoms with E-state index in [0.717, 1.165) is 0 Å². The second-order valence-electron chi connectivity index (χ2n) is 4.95. The van der Waals surface area contributed by atoms with Gasteiger partial charge in [0.1, 0.15) is 11.5 Å². The molecular weight excluding hydrogens is 292 g/mol. The van der Waals surface area contributed by atoms with Gasteiger partial charge in [0.15, 0.2) is 0 Å². The first kappa shape index (κ1) is 15.9. The summed E-state index contributed by atoms with van der Waals surface area (Å²) in [4.78, 5) is 4.02. The molecule has 6 nitrogen and oxygen atoms in total. The van der Waals surface area contributed by atoms with Gasteiger partial charge in [0.25, 0.3) is 0 Å². The first-order valence-corrected chi connectivity index (χ1v) is 8.08. The zero-order valence-corrected chi connectivity index (χ0v) is 12.8. The number of hydrogen-bond donors (Lipinski definition) is 1. The maximum Gasteiger partial charge on any atom is 0.244 e. The summed E-state index contributed by atoms with van der Waals surface area (Å²) in [6.07, 6.45) is 2.49. The minimum Gasteiger partial charge on any atom is -0.384 e. The van der Waals surface area contributed by atoms with E-state index in [4.69, 9.17) is 9.84 Å². The molecular formula is C14H18N2O4S. The van der Waals surface area contributed by atoms with Gasteiger partial charge in [0, 0.05) is 31.0 Å². The largest absolute Gasteiger partial charge is 0.384 e. The van der Waals surface area contributed by atoms with Crippen molar-refractivity contribution in [2.75, 3.05) is 19.7 Å². The van der Waals surface area contributed by atoms with Crippen molar-refractivity contribution in [1.82, 2.24) is 9.29 Å². The highest BCUT2D eigenvalue weighted by Crippen LogP contribution is 2.21. The van der Waals surface area contributed by atoms with Crippen LogP contribution in [0.25, 0.3) is 0 Å². The highest BCUT2D eigenvalue weighted by molar-refractivity contribution is 7.89. The van der Waals surface area contributed by atoms with Crippen LogP contribution in [-0.4, -0.2) is 54.7 Å². The van der Waals surface area contributed by atoms with Crippen molar-refractivity contribution in [1.29, 1.82) is 0 Å². The van der Waals surface area contributed by atoms with Crippen molar-refractivity contribution < 1.29 is 18.3 Å². The Morgan fingerprint density at radius 1 is 1.38 bits per heavy atom. The van der Waals surface area contributed by atoms with E-state index in [0.29, 0.717) is 18.7 Å². The number of nitrogens with zero attached hydrogens (tertiary/aromatic N) is 2. The molecule has 1 saturated heterocycles. The van der Waals surface area contributed by atoms with Crippen LogP contribution in [0.5, 0.6) is 0 Å². The van der Waals surface area contributed by atoms with Crippen LogP contribution in [0.4, 0.5) is 0 Å². The summed E-state index contributed by atoms with van der Waals surface area (Å²) in [5.41, 5.74) is 0.458. The van der Waals surface area contributed by atoms with Gasteiger partial charge in [0.05, 0.1) is 12.2 Å². The third kappa shape index (κ3) is 3.80.